The van der Waals surface area contributed by atoms with Crippen LogP contribution in [-0.4, -0.2) is 19.0 Å². The predicted octanol–water partition coefficient (Wildman–Crippen LogP) is 2.43. The minimum atomic E-state index is 0.0298. The Morgan fingerprint density at radius 2 is 2.29 bits per heavy atom. The Balaban J connectivity index is 1.95. The van der Waals surface area contributed by atoms with E-state index >= 15 is 0 Å². The summed E-state index contributed by atoms with van der Waals surface area (Å²) in [5, 5.41) is 6.24. The molecule has 1 heterocycles. The third-order valence-corrected chi connectivity index (χ3v) is 3.09. The summed E-state index contributed by atoms with van der Waals surface area (Å²) in [6.45, 7) is 6.05. The molecule has 1 aliphatic rings. The monoisotopic (exact) mass is 232 g/mol. The predicted molar refractivity (Wildman–Crippen MR) is 70.4 cm³/mol. The molecule has 1 aliphatic heterocycles. The minimum absolute atomic E-state index is 0.0298. The van der Waals surface area contributed by atoms with Crippen molar-refractivity contribution in [3.05, 3.63) is 29.3 Å². The molecule has 0 fully saturated rings. The zero-order valence-electron chi connectivity index (χ0n) is 10.5. The largest absolute Gasteiger partial charge is 0.384 e. The lowest BCUT2D eigenvalue weighted by atomic mass is 10.1. The van der Waals surface area contributed by atoms with Crippen LogP contribution >= 0.6 is 0 Å². The van der Waals surface area contributed by atoms with Crippen LogP contribution in [0.2, 0.25) is 0 Å². The van der Waals surface area contributed by atoms with E-state index in [1.165, 1.54) is 5.56 Å². The van der Waals surface area contributed by atoms with Gasteiger partial charge in [0.05, 0.1) is 0 Å². The topological polar surface area (TPSA) is 41.1 Å². The molecule has 3 nitrogen and oxygen atoms in total. The number of carbonyl (C=O) groups excluding carboxylic acids is 1. The van der Waals surface area contributed by atoms with Gasteiger partial charge in [0, 0.05) is 24.3 Å². The standard InChI is InChI=1S/C14H20N2O/c1-10(2)5-7-16-14(17)12-4-3-11-6-8-15-13(11)9-12/h3-4,9-10,15H,5-8H2,1-2H3,(H,16,17). The van der Waals surface area contributed by atoms with E-state index in [4.69, 9.17) is 0 Å². The van der Waals surface area contributed by atoms with Gasteiger partial charge >= 0.3 is 0 Å². The van der Waals surface area contributed by atoms with E-state index in [1.54, 1.807) is 0 Å². The highest BCUT2D eigenvalue weighted by Crippen LogP contribution is 2.23. The first kappa shape index (κ1) is 12.0. The van der Waals surface area contributed by atoms with Crippen LogP contribution in [0.4, 0.5) is 5.69 Å². The number of nitrogens with one attached hydrogen (secondary N) is 2. The van der Waals surface area contributed by atoms with E-state index in [9.17, 15) is 4.79 Å². The highest BCUT2D eigenvalue weighted by molar-refractivity contribution is 5.95. The molecule has 0 spiro atoms. The van der Waals surface area contributed by atoms with Gasteiger partial charge in [-0.1, -0.05) is 19.9 Å². The highest BCUT2D eigenvalue weighted by Gasteiger charge is 2.13. The number of hydrogen-bond donors (Lipinski definition) is 2. The third kappa shape index (κ3) is 2.99. The molecule has 0 atom stereocenters. The lowest BCUT2D eigenvalue weighted by Crippen LogP contribution is -2.25. The molecule has 0 aliphatic carbocycles. The van der Waals surface area contributed by atoms with Gasteiger partial charge in [-0.3, -0.25) is 4.79 Å². The summed E-state index contributed by atoms with van der Waals surface area (Å²) in [6, 6.07) is 5.91. The molecule has 0 radical (unpaired) electrons. The van der Waals surface area contributed by atoms with E-state index in [2.05, 4.69) is 24.5 Å². The fraction of sp³-hybridized carbons (Fsp3) is 0.500. The van der Waals surface area contributed by atoms with Gasteiger partial charge in [-0.15, -0.1) is 0 Å². The summed E-state index contributed by atoms with van der Waals surface area (Å²) in [6.07, 6.45) is 2.08. The Kier molecular flexibility index (Phi) is 3.67. The Morgan fingerprint density at radius 1 is 1.47 bits per heavy atom. The maximum Gasteiger partial charge on any atom is 0.251 e. The van der Waals surface area contributed by atoms with Crippen LogP contribution in [0.1, 0.15) is 36.2 Å². The van der Waals surface area contributed by atoms with Crippen LogP contribution in [0, 0.1) is 5.92 Å². The number of anilines is 1. The summed E-state index contributed by atoms with van der Waals surface area (Å²) in [5.74, 6) is 0.652. The van der Waals surface area contributed by atoms with E-state index in [-0.39, 0.29) is 5.91 Å². The third-order valence-electron chi connectivity index (χ3n) is 3.09. The SMILES string of the molecule is CC(C)CCNC(=O)c1ccc2c(c1)NCC2. The fourth-order valence-corrected chi connectivity index (χ4v) is 2.01. The summed E-state index contributed by atoms with van der Waals surface area (Å²) in [5.41, 5.74) is 3.17. The molecule has 0 saturated carbocycles. The second-order valence-corrected chi connectivity index (χ2v) is 4.99. The van der Waals surface area contributed by atoms with E-state index < -0.39 is 0 Å². The van der Waals surface area contributed by atoms with Crippen LogP contribution in [0.3, 0.4) is 0 Å². The smallest absolute Gasteiger partial charge is 0.251 e. The average molecular weight is 232 g/mol. The van der Waals surface area contributed by atoms with Gasteiger partial charge in [0.2, 0.25) is 0 Å². The molecule has 0 unspecified atom stereocenters. The molecular formula is C14H20N2O. The van der Waals surface area contributed by atoms with Crippen molar-refractivity contribution in [1.29, 1.82) is 0 Å². The van der Waals surface area contributed by atoms with Gasteiger partial charge in [-0.2, -0.15) is 0 Å². The summed E-state index contributed by atoms with van der Waals surface area (Å²) < 4.78 is 0. The Morgan fingerprint density at radius 3 is 3.06 bits per heavy atom. The van der Waals surface area contributed by atoms with Crippen LogP contribution in [-0.2, 0) is 6.42 Å². The number of hydrogen-bond acceptors (Lipinski definition) is 2. The molecule has 0 bridgehead atoms. The van der Waals surface area contributed by atoms with Crippen LogP contribution in [0.15, 0.2) is 18.2 Å². The van der Waals surface area contributed by atoms with Crippen molar-refractivity contribution in [2.75, 3.05) is 18.4 Å². The first-order valence-electron chi connectivity index (χ1n) is 6.32. The molecule has 2 rings (SSSR count). The average Bonchev–Trinajstić information content (AvgIpc) is 2.75. The van der Waals surface area contributed by atoms with Crippen LogP contribution < -0.4 is 10.6 Å². The second-order valence-electron chi connectivity index (χ2n) is 4.99. The number of benzene rings is 1. The number of rotatable bonds is 4. The molecule has 1 amide bonds. The van der Waals surface area contributed by atoms with Gasteiger partial charge in [-0.05, 0) is 36.5 Å². The first-order valence-corrected chi connectivity index (χ1v) is 6.32. The van der Waals surface area contributed by atoms with Gasteiger partial charge in [0.25, 0.3) is 5.91 Å². The van der Waals surface area contributed by atoms with Crippen LogP contribution in [0.5, 0.6) is 0 Å². The van der Waals surface area contributed by atoms with Gasteiger partial charge < -0.3 is 10.6 Å². The summed E-state index contributed by atoms with van der Waals surface area (Å²) >= 11 is 0. The zero-order valence-corrected chi connectivity index (χ0v) is 10.5. The zero-order chi connectivity index (χ0) is 12.3. The van der Waals surface area contributed by atoms with Crippen molar-refractivity contribution in [2.45, 2.75) is 26.7 Å². The Bertz CT molecular complexity index is 413. The quantitative estimate of drug-likeness (QED) is 0.837. The maximum atomic E-state index is 11.9. The van der Waals surface area contributed by atoms with Gasteiger partial charge in [-0.25, -0.2) is 0 Å². The van der Waals surface area contributed by atoms with E-state index in [0.717, 1.165) is 37.2 Å². The number of amides is 1. The van der Waals surface area contributed by atoms with Crippen molar-refractivity contribution in [2.24, 2.45) is 5.92 Å². The lowest BCUT2D eigenvalue weighted by Gasteiger charge is -2.08. The maximum absolute atomic E-state index is 11.9. The first-order chi connectivity index (χ1) is 8.16. The fourth-order valence-electron chi connectivity index (χ4n) is 2.01. The Labute approximate surface area is 103 Å². The molecule has 2 N–H and O–H groups in total. The van der Waals surface area contributed by atoms with Crippen molar-refractivity contribution >= 4 is 11.6 Å². The van der Waals surface area contributed by atoms with Crippen molar-refractivity contribution in [1.82, 2.24) is 5.32 Å². The lowest BCUT2D eigenvalue weighted by molar-refractivity contribution is 0.0952. The summed E-state index contributed by atoms with van der Waals surface area (Å²) in [4.78, 5) is 11.9. The normalized spacial score (nSPS) is 13.4. The molecule has 0 aromatic heterocycles. The molecule has 0 saturated heterocycles. The molecular weight excluding hydrogens is 212 g/mol. The molecule has 92 valence electrons. The van der Waals surface area contributed by atoms with Gasteiger partial charge in [0.1, 0.15) is 0 Å². The summed E-state index contributed by atoms with van der Waals surface area (Å²) in [7, 11) is 0. The highest BCUT2D eigenvalue weighted by atomic mass is 16.1. The number of fused-ring (bicyclic) bond motifs is 1. The molecule has 1 aromatic carbocycles. The van der Waals surface area contributed by atoms with Crippen molar-refractivity contribution in [3.63, 3.8) is 0 Å². The Hall–Kier alpha value is -1.51. The van der Waals surface area contributed by atoms with E-state index in [1.807, 2.05) is 18.2 Å². The van der Waals surface area contributed by atoms with Crippen molar-refractivity contribution < 1.29 is 4.79 Å². The number of carbonyl (C=O) groups is 1. The molecule has 17 heavy (non-hydrogen) atoms. The second kappa shape index (κ2) is 5.21. The van der Waals surface area contributed by atoms with Gasteiger partial charge in [0.15, 0.2) is 0 Å². The van der Waals surface area contributed by atoms with E-state index in [0.29, 0.717) is 5.92 Å². The van der Waals surface area contributed by atoms with Crippen LogP contribution in [0.25, 0.3) is 0 Å². The van der Waals surface area contributed by atoms with Crippen molar-refractivity contribution in [3.8, 4) is 0 Å². The minimum Gasteiger partial charge on any atom is -0.384 e. The molecule has 1 aromatic rings. The molecule has 3 heteroatoms.